The number of hydrogen-bond donors (Lipinski definition) is 2. The third-order valence-corrected chi connectivity index (χ3v) is 5.94. The number of aliphatic hydroxyl groups excluding tert-OH is 2. The lowest BCUT2D eigenvalue weighted by molar-refractivity contribution is -0.0457. The standard InChI is InChI=1S/C24H30N2O5/c1-2-3-4-5-6-7-16-8-10-17(11-9-16)20-12-18-14-26(24(29)25-23(18)31-20)22-13-19(28)21(15-27)30-22/h8-12,14,19,21-22,27-28H,2-7,13,15H2,1H3/t19-,21?,22?/m1/s1. The first-order valence-electron chi connectivity index (χ1n) is 11.2. The molecule has 1 aromatic carbocycles. The summed E-state index contributed by atoms with van der Waals surface area (Å²) in [6, 6.07) is 10.2. The highest BCUT2D eigenvalue weighted by Crippen LogP contribution is 2.30. The first-order valence-corrected chi connectivity index (χ1v) is 11.2. The van der Waals surface area contributed by atoms with Gasteiger partial charge in [0.15, 0.2) is 0 Å². The van der Waals surface area contributed by atoms with Gasteiger partial charge in [0.25, 0.3) is 0 Å². The summed E-state index contributed by atoms with van der Waals surface area (Å²) in [6.45, 7) is 1.93. The number of aryl methyl sites for hydroxylation is 1. The van der Waals surface area contributed by atoms with Crippen LogP contribution in [-0.2, 0) is 11.2 Å². The lowest BCUT2D eigenvalue weighted by atomic mass is 10.0. The zero-order chi connectivity index (χ0) is 21.8. The number of furan rings is 1. The Balaban J connectivity index is 1.49. The molecule has 31 heavy (non-hydrogen) atoms. The number of unbranched alkanes of at least 4 members (excludes halogenated alkanes) is 4. The molecule has 1 aliphatic rings. The molecule has 0 radical (unpaired) electrons. The van der Waals surface area contributed by atoms with Gasteiger partial charge >= 0.3 is 5.69 Å². The minimum absolute atomic E-state index is 0.225. The van der Waals surface area contributed by atoms with Crippen LogP contribution in [0.1, 0.15) is 57.2 Å². The van der Waals surface area contributed by atoms with Gasteiger partial charge in [0.05, 0.1) is 18.1 Å². The van der Waals surface area contributed by atoms with Crippen molar-refractivity contribution < 1.29 is 19.4 Å². The number of rotatable bonds is 9. The minimum Gasteiger partial charge on any atom is -0.437 e. The predicted octanol–water partition coefficient (Wildman–Crippen LogP) is 3.81. The monoisotopic (exact) mass is 426 g/mol. The first kappa shape index (κ1) is 21.7. The second-order valence-corrected chi connectivity index (χ2v) is 8.28. The van der Waals surface area contributed by atoms with Crippen LogP contribution in [0, 0.1) is 0 Å². The van der Waals surface area contributed by atoms with Gasteiger partial charge < -0.3 is 19.4 Å². The molecule has 0 bridgehead atoms. The molecule has 3 heterocycles. The van der Waals surface area contributed by atoms with E-state index in [-0.39, 0.29) is 18.7 Å². The van der Waals surface area contributed by atoms with Crippen molar-refractivity contribution in [2.45, 2.75) is 70.3 Å². The van der Waals surface area contributed by atoms with E-state index < -0.39 is 24.1 Å². The maximum atomic E-state index is 12.4. The van der Waals surface area contributed by atoms with Crippen LogP contribution >= 0.6 is 0 Å². The van der Waals surface area contributed by atoms with Crippen LogP contribution in [0.25, 0.3) is 22.4 Å². The molecule has 0 spiro atoms. The van der Waals surface area contributed by atoms with E-state index in [0.717, 1.165) is 12.0 Å². The Hall–Kier alpha value is -2.48. The van der Waals surface area contributed by atoms with E-state index in [1.54, 1.807) is 6.20 Å². The summed E-state index contributed by atoms with van der Waals surface area (Å²) < 4.78 is 12.8. The van der Waals surface area contributed by atoms with Gasteiger partial charge in [-0.05, 0) is 24.5 Å². The van der Waals surface area contributed by atoms with Crippen LogP contribution in [0.4, 0.5) is 0 Å². The van der Waals surface area contributed by atoms with Crippen molar-refractivity contribution in [1.29, 1.82) is 0 Å². The third-order valence-electron chi connectivity index (χ3n) is 5.94. The number of benzene rings is 1. The molecule has 7 heteroatoms. The quantitative estimate of drug-likeness (QED) is 0.505. The van der Waals surface area contributed by atoms with Crippen molar-refractivity contribution in [1.82, 2.24) is 9.55 Å². The molecule has 1 saturated heterocycles. The second kappa shape index (κ2) is 9.77. The Morgan fingerprint density at radius 1 is 1.16 bits per heavy atom. The van der Waals surface area contributed by atoms with E-state index in [4.69, 9.17) is 9.15 Å². The van der Waals surface area contributed by atoms with Crippen molar-refractivity contribution in [3.8, 4) is 11.3 Å². The zero-order valence-corrected chi connectivity index (χ0v) is 17.9. The van der Waals surface area contributed by atoms with Gasteiger partial charge in [-0.25, -0.2) is 4.79 Å². The van der Waals surface area contributed by atoms with Crippen molar-refractivity contribution in [2.75, 3.05) is 6.61 Å². The van der Waals surface area contributed by atoms with Crippen molar-refractivity contribution in [2.24, 2.45) is 0 Å². The van der Waals surface area contributed by atoms with E-state index in [9.17, 15) is 15.0 Å². The minimum atomic E-state index is -0.817. The van der Waals surface area contributed by atoms with Crippen LogP contribution < -0.4 is 5.69 Å². The number of aromatic nitrogens is 2. The van der Waals surface area contributed by atoms with E-state index >= 15 is 0 Å². The lowest BCUT2D eigenvalue weighted by Gasteiger charge is -2.13. The van der Waals surface area contributed by atoms with Crippen molar-refractivity contribution in [3.05, 3.63) is 52.6 Å². The summed E-state index contributed by atoms with van der Waals surface area (Å²) >= 11 is 0. The molecule has 0 saturated carbocycles. The Bertz CT molecular complexity index is 1060. The van der Waals surface area contributed by atoms with E-state index in [0.29, 0.717) is 11.1 Å². The Morgan fingerprint density at radius 2 is 1.94 bits per heavy atom. The fourth-order valence-electron chi connectivity index (χ4n) is 4.09. The van der Waals surface area contributed by atoms with Crippen LogP contribution in [0.3, 0.4) is 0 Å². The molecule has 3 atom stereocenters. The summed E-state index contributed by atoms with van der Waals surface area (Å²) in [4.78, 5) is 16.5. The van der Waals surface area contributed by atoms with Gasteiger partial charge in [-0.15, -0.1) is 0 Å². The van der Waals surface area contributed by atoms with Crippen LogP contribution in [0.5, 0.6) is 0 Å². The number of fused-ring (bicyclic) bond motifs is 1. The smallest absolute Gasteiger partial charge is 0.353 e. The maximum absolute atomic E-state index is 12.4. The highest BCUT2D eigenvalue weighted by Gasteiger charge is 2.35. The van der Waals surface area contributed by atoms with Crippen LogP contribution in [-0.4, -0.2) is 38.6 Å². The molecule has 2 N–H and O–H groups in total. The number of nitrogens with zero attached hydrogens (tertiary/aromatic N) is 2. The molecule has 0 amide bonds. The number of aliphatic hydroxyl groups is 2. The molecule has 0 aliphatic carbocycles. The predicted molar refractivity (Wildman–Crippen MR) is 118 cm³/mol. The fraction of sp³-hybridized carbons (Fsp3) is 0.500. The topological polar surface area (TPSA) is 97.7 Å². The number of hydrogen-bond acceptors (Lipinski definition) is 6. The van der Waals surface area contributed by atoms with Gasteiger partial charge in [-0.1, -0.05) is 56.9 Å². The van der Waals surface area contributed by atoms with Gasteiger partial charge in [-0.2, -0.15) is 4.98 Å². The summed E-state index contributed by atoms with van der Waals surface area (Å²) in [5, 5.41) is 19.9. The van der Waals surface area contributed by atoms with Gasteiger partial charge in [0, 0.05) is 18.2 Å². The summed E-state index contributed by atoms with van der Waals surface area (Å²) in [6.07, 6.45) is 7.10. The van der Waals surface area contributed by atoms with Gasteiger partial charge in [0.1, 0.15) is 18.1 Å². The SMILES string of the molecule is CCCCCCCc1ccc(-c2cc3cn(C4C[C@@H](O)C(CO)O4)c(=O)nc3o2)cc1. The molecule has 2 unspecified atom stereocenters. The largest absolute Gasteiger partial charge is 0.437 e. The van der Waals surface area contributed by atoms with Gasteiger partial charge in [-0.3, -0.25) is 4.57 Å². The molecule has 7 nitrogen and oxygen atoms in total. The highest BCUT2D eigenvalue weighted by atomic mass is 16.5. The molecule has 3 aromatic rings. The van der Waals surface area contributed by atoms with Crippen molar-refractivity contribution >= 4 is 11.1 Å². The average molecular weight is 427 g/mol. The second-order valence-electron chi connectivity index (χ2n) is 8.28. The van der Waals surface area contributed by atoms with Crippen LogP contribution in [0.2, 0.25) is 0 Å². The Labute approximate surface area is 181 Å². The molecule has 1 fully saturated rings. The van der Waals surface area contributed by atoms with Gasteiger partial charge in [0.2, 0.25) is 5.71 Å². The third kappa shape index (κ3) is 4.89. The lowest BCUT2D eigenvalue weighted by Crippen LogP contribution is -2.27. The number of ether oxygens (including phenoxy) is 1. The first-order chi connectivity index (χ1) is 15.1. The van der Waals surface area contributed by atoms with E-state index in [1.165, 1.54) is 42.2 Å². The van der Waals surface area contributed by atoms with E-state index in [1.807, 2.05) is 18.2 Å². The summed E-state index contributed by atoms with van der Waals surface area (Å²) in [7, 11) is 0. The van der Waals surface area contributed by atoms with E-state index in [2.05, 4.69) is 24.0 Å². The highest BCUT2D eigenvalue weighted by molar-refractivity contribution is 5.79. The molecular weight excluding hydrogens is 396 g/mol. The molecule has 2 aromatic heterocycles. The Kier molecular flexibility index (Phi) is 6.85. The molecular formula is C24H30N2O5. The maximum Gasteiger partial charge on any atom is 0.353 e. The molecule has 4 rings (SSSR count). The Morgan fingerprint density at radius 3 is 2.65 bits per heavy atom. The summed E-state index contributed by atoms with van der Waals surface area (Å²) in [5.74, 6) is 0.648. The molecule has 1 aliphatic heterocycles. The summed E-state index contributed by atoms with van der Waals surface area (Å²) in [5.41, 5.74) is 2.00. The zero-order valence-electron chi connectivity index (χ0n) is 17.9. The van der Waals surface area contributed by atoms with Crippen molar-refractivity contribution in [3.63, 3.8) is 0 Å². The van der Waals surface area contributed by atoms with Crippen LogP contribution in [0.15, 0.2) is 45.7 Å². The average Bonchev–Trinajstić information content (AvgIpc) is 3.36. The molecule has 166 valence electrons. The normalized spacial score (nSPS) is 21.2. The fourth-order valence-corrected chi connectivity index (χ4v) is 4.09.